The van der Waals surface area contributed by atoms with Crippen molar-refractivity contribution in [2.45, 2.75) is 27.7 Å². The second-order valence-electron chi connectivity index (χ2n) is 10.6. The Morgan fingerprint density at radius 3 is 1.48 bits per heavy atom. The molecule has 1 heterocycles. The molecule has 0 saturated carbocycles. The lowest BCUT2D eigenvalue weighted by Crippen LogP contribution is -2.03. The number of carboxylic acid groups (broad SMARTS) is 2. The van der Waals surface area contributed by atoms with Crippen molar-refractivity contribution in [3.63, 3.8) is 0 Å². The van der Waals surface area contributed by atoms with Crippen LogP contribution < -0.4 is 5.63 Å². The molecule has 0 radical (unpaired) electrons. The predicted molar refractivity (Wildman–Crippen MR) is 200 cm³/mol. The highest BCUT2D eigenvalue weighted by Crippen LogP contribution is 2.32. The van der Waals surface area contributed by atoms with Gasteiger partial charge in [0.25, 0.3) is 17.1 Å². The minimum absolute atomic E-state index is 0.00176. The summed E-state index contributed by atoms with van der Waals surface area (Å²) in [5, 5.41) is 50.1. The number of hydrogen-bond donors (Lipinski definition) is 2. The molecular weight excluding hydrogens is 800 g/mol. The Morgan fingerprint density at radius 1 is 0.611 bits per heavy atom. The minimum Gasteiger partial charge on any atom is -0.478 e. The topological polar surface area (TPSA) is 251 Å². The molecule has 0 atom stereocenters. The van der Waals surface area contributed by atoms with Crippen LogP contribution >= 0.6 is 46.4 Å². The third-order valence-corrected chi connectivity index (χ3v) is 8.29. The van der Waals surface area contributed by atoms with E-state index in [4.69, 9.17) is 56.6 Å². The lowest BCUT2D eigenvalue weighted by molar-refractivity contribution is -0.385. The number of hydrogen-bond acceptors (Lipinski definition) is 11. The van der Waals surface area contributed by atoms with Crippen LogP contribution in [0.15, 0.2) is 76.1 Å². The van der Waals surface area contributed by atoms with Crippen molar-refractivity contribution in [1.82, 2.24) is 0 Å². The quantitative estimate of drug-likeness (QED) is 0.0919. The number of aryl methyl sites for hydroxylation is 1. The van der Waals surface area contributed by atoms with Gasteiger partial charge in [0.1, 0.15) is 15.1 Å². The molecule has 0 amide bonds. The Kier molecular flexibility index (Phi) is 15.7. The first-order valence-electron chi connectivity index (χ1n) is 14.6. The van der Waals surface area contributed by atoms with Crippen LogP contribution in [-0.2, 0) is 0 Å². The molecule has 0 fully saturated rings. The maximum atomic E-state index is 11.2. The molecule has 282 valence electrons. The van der Waals surface area contributed by atoms with Crippen molar-refractivity contribution >= 4 is 92.0 Å². The second kappa shape index (κ2) is 19.2. The van der Waals surface area contributed by atoms with E-state index >= 15 is 0 Å². The Morgan fingerprint density at radius 2 is 1.04 bits per heavy atom. The van der Waals surface area contributed by atoms with Gasteiger partial charge in [0.2, 0.25) is 0 Å². The van der Waals surface area contributed by atoms with Gasteiger partial charge in [0, 0.05) is 21.7 Å². The van der Waals surface area contributed by atoms with Gasteiger partial charge in [-0.1, -0.05) is 46.4 Å². The van der Waals surface area contributed by atoms with Crippen molar-refractivity contribution in [2.24, 2.45) is 0 Å². The second-order valence-corrected chi connectivity index (χ2v) is 12.3. The van der Waals surface area contributed by atoms with E-state index in [0.29, 0.717) is 27.3 Å². The molecule has 2 N–H and O–H groups in total. The van der Waals surface area contributed by atoms with Crippen LogP contribution in [0.1, 0.15) is 54.7 Å². The maximum Gasteiger partial charge on any atom is 0.343 e. The highest BCUT2D eigenvalue weighted by atomic mass is 35.5. The number of benzene rings is 4. The van der Waals surface area contributed by atoms with Crippen molar-refractivity contribution in [3.05, 3.63) is 161 Å². The normalized spacial score (nSPS) is 10.0. The fraction of sp³-hybridized carbons (Fsp3) is 0.118. The fourth-order valence-corrected chi connectivity index (χ4v) is 5.61. The molecule has 0 saturated heterocycles. The Balaban J connectivity index is 0.000000250. The van der Waals surface area contributed by atoms with Crippen molar-refractivity contribution in [2.75, 3.05) is 0 Å². The summed E-state index contributed by atoms with van der Waals surface area (Å²) in [5.41, 5.74) is 0.145. The van der Waals surface area contributed by atoms with Crippen LogP contribution in [0.4, 0.5) is 17.1 Å². The first-order valence-corrected chi connectivity index (χ1v) is 16.1. The standard InChI is InChI=1S/C9H4ClNO4.C9H8ClNO3.C8H6ClNO4.C8H7ClO2/c10-7-2-1-6-5(8(7)11(13)14)3-4-15-9(6)12;1-5-7(6(2)12)3-4-8(10)9(5)11(13)14;1-4-5(8(11)12)2-3-6(9)7(4)10(13)14;1-5-4-6(9)2-3-7(5)8(10)11/h1-4H;3-4H,1-2H3;2-3H,1H3,(H,11,12);2-4H,1H3,(H,10,11). The summed E-state index contributed by atoms with van der Waals surface area (Å²) in [4.78, 5) is 73.5. The smallest absolute Gasteiger partial charge is 0.343 e. The van der Waals surface area contributed by atoms with E-state index < -0.39 is 32.3 Å². The summed E-state index contributed by atoms with van der Waals surface area (Å²) in [6.45, 7) is 5.95. The molecule has 20 heteroatoms. The van der Waals surface area contributed by atoms with E-state index in [1.54, 1.807) is 19.1 Å². The Hall–Kier alpha value is -5.94. The zero-order valence-corrected chi connectivity index (χ0v) is 31.1. The number of fused-ring (bicyclic) bond motifs is 1. The lowest BCUT2D eigenvalue weighted by atomic mass is 10.0. The molecule has 0 spiro atoms. The highest BCUT2D eigenvalue weighted by Gasteiger charge is 2.22. The van der Waals surface area contributed by atoms with E-state index in [2.05, 4.69) is 4.42 Å². The maximum absolute atomic E-state index is 11.2. The third kappa shape index (κ3) is 11.0. The minimum atomic E-state index is -1.21. The van der Waals surface area contributed by atoms with E-state index in [1.807, 2.05) is 0 Å². The predicted octanol–water partition coefficient (Wildman–Crippen LogP) is 9.72. The van der Waals surface area contributed by atoms with Gasteiger partial charge in [0.15, 0.2) is 5.78 Å². The highest BCUT2D eigenvalue weighted by molar-refractivity contribution is 6.34. The van der Waals surface area contributed by atoms with Gasteiger partial charge in [-0.2, -0.15) is 0 Å². The number of aromatic carboxylic acids is 2. The summed E-state index contributed by atoms with van der Waals surface area (Å²) < 4.78 is 4.59. The van der Waals surface area contributed by atoms with E-state index in [0.717, 1.165) is 6.26 Å². The van der Waals surface area contributed by atoms with Gasteiger partial charge in [-0.3, -0.25) is 35.1 Å². The van der Waals surface area contributed by atoms with Crippen LogP contribution in [0.2, 0.25) is 20.1 Å². The molecule has 0 aliphatic heterocycles. The summed E-state index contributed by atoms with van der Waals surface area (Å²) in [6, 6.07) is 14.1. The molecular formula is C34H25Cl4N3O13. The van der Waals surface area contributed by atoms with Gasteiger partial charge in [-0.25, -0.2) is 14.4 Å². The zero-order valence-electron chi connectivity index (χ0n) is 28.1. The number of nitrogens with zero attached hydrogens (tertiary/aromatic N) is 3. The summed E-state index contributed by atoms with van der Waals surface area (Å²) in [5.74, 6) is -2.33. The number of halogens is 4. The molecule has 1 aromatic heterocycles. The van der Waals surface area contributed by atoms with Crippen molar-refractivity contribution < 1.29 is 43.8 Å². The van der Waals surface area contributed by atoms with Gasteiger partial charge in [-0.15, -0.1) is 0 Å². The van der Waals surface area contributed by atoms with Crippen LogP contribution in [0, 0.1) is 51.1 Å². The number of carbonyl (C=O) groups is 3. The average molecular weight is 825 g/mol. The number of carboxylic acids is 2. The zero-order chi connectivity index (χ0) is 41.2. The number of ketones is 1. The molecule has 5 aromatic rings. The lowest BCUT2D eigenvalue weighted by Gasteiger charge is -2.03. The number of carbonyl (C=O) groups excluding carboxylic acids is 1. The third-order valence-electron chi connectivity index (χ3n) is 7.14. The Bertz CT molecular complexity index is 2300. The van der Waals surface area contributed by atoms with Crippen molar-refractivity contribution in [3.8, 4) is 0 Å². The molecule has 5 rings (SSSR count). The summed E-state index contributed by atoms with van der Waals surface area (Å²) in [6.07, 6.45) is 1.11. The van der Waals surface area contributed by atoms with Crippen molar-refractivity contribution in [1.29, 1.82) is 0 Å². The summed E-state index contributed by atoms with van der Waals surface area (Å²) >= 11 is 22.5. The average Bonchev–Trinajstić information content (AvgIpc) is 3.04. The van der Waals surface area contributed by atoms with E-state index in [1.165, 1.54) is 69.3 Å². The molecule has 0 aliphatic carbocycles. The first kappa shape index (κ1) is 44.2. The van der Waals surface area contributed by atoms with Crippen LogP contribution in [0.3, 0.4) is 0 Å². The largest absolute Gasteiger partial charge is 0.478 e. The molecule has 54 heavy (non-hydrogen) atoms. The number of nitro groups is 3. The van der Waals surface area contributed by atoms with Gasteiger partial charge < -0.3 is 14.6 Å². The van der Waals surface area contributed by atoms with Gasteiger partial charge in [-0.05, 0) is 93.9 Å². The number of Topliss-reactive ketones (excluding diaryl/α,β-unsaturated/α-hetero) is 1. The molecule has 16 nitrogen and oxygen atoms in total. The van der Waals surface area contributed by atoms with Crippen LogP contribution in [0.5, 0.6) is 0 Å². The van der Waals surface area contributed by atoms with Crippen LogP contribution in [-0.4, -0.2) is 42.7 Å². The number of rotatable bonds is 6. The first-order chi connectivity index (χ1) is 25.1. The Labute approximate surface area is 323 Å². The van der Waals surface area contributed by atoms with E-state index in [9.17, 15) is 49.5 Å². The summed E-state index contributed by atoms with van der Waals surface area (Å²) in [7, 11) is 0. The van der Waals surface area contributed by atoms with Gasteiger partial charge >= 0.3 is 17.6 Å². The monoisotopic (exact) mass is 823 g/mol. The SMILES string of the molecule is CC(=O)c1ccc(Cl)c([N+](=O)[O-])c1C.Cc1c(C(=O)O)ccc(Cl)c1[N+](=O)[O-].Cc1cc(Cl)ccc1C(=O)O.O=c1occc2c([N+](=O)[O-])c(Cl)ccc12. The van der Waals surface area contributed by atoms with E-state index in [-0.39, 0.29) is 59.8 Å². The molecule has 0 unspecified atom stereocenters. The molecule has 0 aliphatic rings. The number of nitro benzene ring substituents is 3. The molecule has 4 aromatic carbocycles. The molecule has 0 bridgehead atoms. The van der Waals surface area contributed by atoms with Gasteiger partial charge in [0.05, 0.1) is 42.9 Å². The fourth-order valence-electron chi connectivity index (χ4n) is 4.60. The van der Waals surface area contributed by atoms with Crippen LogP contribution in [0.25, 0.3) is 10.8 Å².